The van der Waals surface area contributed by atoms with Crippen molar-refractivity contribution in [2.24, 2.45) is 0 Å². The highest BCUT2D eigenvalue weighted by molar-refractivity contribution is 8.02. The van der Waals surface area contributed by atoms with Crippen LogP contribution in [-0.4, -0.2) is 25.2 Å². The molecule has 29 heavy (non-hydrogen) atoms. The van der Waals surface area contributed by atoms with E-state index in [2.05, 4.69) is 58.6 Å². The Morgan fingerprint density at radius 1 is 0.966 bits per heavy atom. The largest absolute Gasteiger partial charge is 0.278 e. The maximum Gasteiger partial charge on any atom is 0.278 e. The van der Waals surface area contributed by atoms with E-state index in [0.29, 0.717) is 22.7 Å². The summed E-state index contributed by atoms with van der Waals surface area (Å²) in [4.78, 5) is 12.5. The fourth-order valence-corrected chi connectivity index (χ4v) is 5.51. The van der Waals surface area contributed by atoms with Crippen molar-refractivity contribution in [2.45, 2.75) is 40.1 Å². The summed E-state index contributed by atoms with van der Waals surface area (Å²) < 4.78 is 3.08. The number of fused-ring (bicyclic) bond motifs is 1. The number of benzene rings is 2. The average Bonchev–Trinajstić information content (AvgIpc) is 3.20. The van der Waals surface area contributed by atoms with Gasteiger partial charge in [-0.15, -0.1) is 15.3 Å². The Kier molecular flexibility index (Phi) is 6.27. The van der Waals surface area contributed by atoms with Gasteiger partial charge in [-0.3, -0.25) is 4.79 Å². The van der Waals surface area contributed by atoms with Crippen LogP contribution in [0.2, 0.25) is 0 Å². The molecule has 0 saturated carbocycles. The Morgan fingerprint density at radius 3 is 2.45 bits per heavy atom. The molecule has 4 rings (SSSR count). The molecule has 0 saturated heterocycles. The minimum Gasteiger partial charge on any atom is -0.267 e. The zero-order valence-corrected chi connectivity index (χ0v) is 18.4. The summed E-state index contributed by atoms with van der Waals surface area (Å²) in [6, 6.07) is 15.9. The van der Waals surface area contributed by atoms with Gasteiger partial charge in [0.25, 0.3) is 5.56 Å². The minimum absolute atomic E-state index is 0.146. The van der Waals surface area contributed by atoms with Crippen molar-refractivity contribution in [2.75, 3.05) is 0 Å². The maximum absolute atomic E-state index is 12.5. The molecule has 0 atom stereocenters. The second kappa shape index (κ2) is 9.06. The Labute approximate surface area is 180 Å². The zero-order valence-electron chi connectivity index (χ0n) is 16.0. The van der Waals surface area contributed by atoms with E-state index in [1.54, 1.807) is 23.9 Å². The predicted octanol–water partition coefficient (Wildman–Crippen LogP) is 4.81. The molecule has 0 bridgehead atoms. The van der Waals surface area contributed by atoms with Crippen molar-refractivity contribution < 1.29 is 0 Å². The second-order valence-electron chi connectivity index (χ2n) is 6.70. The smallest absolute Gasteiger partial charge is 0.267 e. The first-order valence-corrected chi connectivity index (χ1v) is 11.9. The van der Waals surface area contributed by atoms with Crippen LogP contribution >= 0.6 is 34.9 Å². The molecule has 2 aromatic heterocycles. The van der Waals surface area contributed by atoms with Crippen molar-refractivity contribution in [3.63, 3.8) is 0 Å². The molecule has 0 N–H and O–H groups in total. The fraction of sp³-hybridized carbons (Fsp3) is 0.250. The monoisotopic (exact) mass is 441 g/mol. The van der Waals surface area contributed by atoms with Crippen molar-refractivity contribution in [1.29, 1.82) is 0 Å². The molecule has 4 aromatic rings. The highest BCUT2D eigenvalue weighted by Gasteiger charge is 2.09. The predicted molar refractivity (Wildman–Crippen MR) is 120 cm³/mol. The molecule has 0 fully saturated rings. The van der Waals surface area contributed by atoms with Crippen LogP contribution < -0.4 is 5.56 Å². The molecular weight excluding hydrogens is 422 g/mol. The van der Waals surface area contributed by atoms with Gasteiger partial charge in [0.2, 0.25) is 0 Å². The Bertz CT molecular complexity index is 1170. The number of nitrogens with zero attached hydrogens (tertiary/aromatic N) is 5. The topological polar surface area (TPSA) is 73.6 Å². The standard InChI is InChI=1S/C20H19N5OS3/c1-13(2)15-9-7-14(8-10-15)11-27-19-22-23-20(29-19)28-12-25-18(26)16-5-3-4-6-17(16)21-24-25/h3-10,13H,11-12H2,1-2H3. The zero-order chi connectivity index (χ0) is 20.2. The number of hydrogen-bond donors (Lipinski definition) is 0. The van der Waals surface area contributed by atoms with Gasteiger partial charge in [0, 0.05) is 5.75 Å². The van der Waals surface area contributed by atoms with Gasteiger partial charge in [0.15, 0.2) is 8.68 Å². The van der Waals surface area contributed by atoms with Gasteiger partial charge in [-0.05, 0) is 29.2 Å². The molecule has 148 valence electrons. The number of thioether (sulfide) groups is 2. The third-order valence-corrected chi connectivity index (χ3v) is 7.56. The number of hydrogen-bond acceptors (Lipinski definition) is 8. The first-order chi connectivity index (χ1) is 14.1. The molecule has 0 aliphatic heterocycles. The van der Waals surface area contributed by atoms with Gasteiger partial charge in [0.05, 0.1) is 11.3 Å². The van der Waals surface area contributed by atoms with Crippen molar-refractivity contribution >= 4 is 45.8 Å². The molecule has 2 aromatic carbocycles. The lowest BCUT2D eigenvalue weighted by molar-refractivity contribution is 0.644. The molecule has 0 radical (unpaired) electrons. The Morgan fingerprint density at radius 2 is 1.69 bits per heavy atom. The summed E-state index contributed by atoms with van der Waals surface area (Å²) in [5.41, 5.74) is 3.07. The molecule has 2 heterocycles. The van der Waals surface area contributed by atoms with E-state index >= 15 is 0 Å². The molecule has 6 nitrogen and oxygen atoms in total. The van der Waals surface area contributed by atoms with Crippen LogP contribution in [-0.2, 0) is 11.6 Å². The molecule has 0 aliphatic carbocycles. The molecule has 9 heteroatoms. The lowest BCUT2D eigenvalue weighted by Crippen LogP contribution is -2.23. The highest BCUT2D eigenvalue weighted by atomic mass is 32.2. The number of rotatable bonds is 7. The van der Waals surface area contributed by atoms with Crippen molar-refractivity contribution in [1.82, 2.24) is 25.2 Å². The quantitative estimate of drug-likeness (QED) is 0.381. The molecule has 0 amide bonds. The molecule has 0 spiro atoms. The van der Waals surface area contributed by atoms with Crippen LogP contribution in [0.15, 0.2) is 62.0 Å². The van der Waals surface area contributed by atoms with E-state index in [1.807, 2.05) is 12.1 Å². The average molecular weight is 442 g/mol. The normalized spacial score (nSPS) is 11.4. The van der Waals surface area contributed by atoms with Gasteiger partial charge in [-0.2, -0.15) is 4.68 Å². The van der Waals surface area contributed by atoms with Crippen LogP contribution in [0.1, 0.15) is 30.9 Å². The summed E-state index contributed by atoms with van der Waals surface area (Å²) in [6.07, 6.45) is 0. The Hall–Kier alpha value is -2.23. The van der Waals surface area contributed by atoms with Gasteiger partial charge in [0.1, 0.15) is 5.52 Å². The van der Waals surface area contributed by atoms with Gasteiger partial charge < -0.3 is 0 Å². The van der Waals surface area contributed by atoms with Gasteiger partial charge >= 0.3 is 0 Å². The molecule has 0 aliphatic rings. The number of aromatic nitrogens is 5. The molecule has 0 unspecified atom stereocenters. The minimum atomic E-state index is -0.146. The van der Waals surface area contributed by atoms with Crippen LogP contribution in [0.25, 0.3) is 10.9 Å². The third-order valence-electron chi connectivity index (χ3n) is 4.34. The van der Waals surface area contributed by atoms with E-state index in [0.717, 1.165) is 14.4 Å². The van der Waals surface area contributed by atoms with Crippen LogP contribution in [0, 0.1) is 0 Å². The third kappa shape index (κ3) is 4.85. The van der Waals surface area contributed by atoms with Gasteiger partial charge in [-0.1, -0.05) is 90.3 Å². The first kappa shape index (κ1) is 20.1. The van der Waals surface area contributed by atoms with Crippen LogP contribution in [0.5, 0.6) is 0 Å². The van der Waals surface area contributed by atoms with Crippen LogP contribution in [0.3, 0.4) is 0 Å². The van der Waals surface area contributed by atoms with Crippen LogP contribution in [0.4, 0.5) is 0 Å². The van der Waals surface area contributed by atoms with E-state index in [4.69, 9.17) is 0 Å². The van der Waals surface area contributed by atoms with E-state index in [1.165, 1.54) is 38.9 Å². The Balaban J connectivity index is 1.36. The summed E-state index contributed by atoms with van der Waals surface area (Å²) >= 11 is 4.64. The fourth-order valence-electron chi connectivity index (χ4n) is 2.68. The lowest BCUT2D eigenvalue weighted by atomic mass is 10.0. The van der Waals surface area contributed by atoms with Crippen molar-refractivity contribution in [3.05, 3.63) is 70.0 Å². The lowest BCUT2D eigenvalue weighted by Gasteiger charge is -2.06. The van der Waals surface area contributed by atoms with Gasteiger partial charge in [-0.25, -0.2) is 0 Å². The SMILES string of the molecule is CC(C)c1ccc(CSc2nnc(SCn3nnc4ccccc4c3=O)s2)cc1. The first-order valence-electron chi connectivity index (χ1n) is 9.10. The highest BCUT2D eigenvalue weighted by Crippen LogP contribution is 2.31. The van der Waals surface area contributed by atoms with E-state index in [9.17, 15) is 4.79 Å². The summed E-state index contributed by atoms with van der Waals surface area (Å²) in [7, 11) is 0. The molecular formula is C20H19N5OS3. The summed E-state index contributed by atoms with van der Waals surface area (Å²) in [5, 5.41) is 17.1. The van der Waals surface area contributed by atoms with E-state index in [-0.39, 0.29) is 5.56 Å². The maximum atomic E-state index is 12.5. The summed E-state index contributed by atoms with van der Waals surface area (Å²) in [6.45, 7) is 4.39. The second-order valence-corrected chi connectivity index (χ2v) is 10.1. The summed E-state index contributed by atoms with van der Waals surface area (Å²) in [5.74, 6) is 1.75. The van der Waals surface area contributed by atoms with Crippen molar-refractivity contribution in [3.8, 4) is 0 Å². The van der Waals surface area contributed by atoms with E-state index < -0.39 is 0 Å².